The van der Waals surface area contributed by atoms with Crippen molar-refractivity contribution in [3.63, 3.8) is 0 Å². The van der Waals surface area contributed by atoms with Gasteiger partial charge in [0.2, 0.25) is 0 Å². The van der Waals surface area contributed by atoms with Gasteiger partial charge in [0.15, 0.2) is 5.96 Å². The van der Waals surface area contributed by atoms with Gasteiger partial charge in [-0.05, 0) is 35.6 Å². The van der Waals surface area contributed by atoms with Gasteiger partial charge in [-0.2, -0.15) is 0 Å². The van der Waals surface area contributed by atoms with Gasteiger partial charge < -0.3 is 19.7 Å². The van der Waals surface area contributed by atoms with Crippen LogP contribution in [0, 0.1) is 0 Å². The monoisotopic (exact) mass is 367 g/mol. The van der Waals surface area contributed by atoms with E-state index in [0.717, 1.165) is 58.1 Å². The van der Waals surface area contributed by atoms with Crippen molar-refractivity contribution in [3.05, 3.63) is 48.0 Å². The molecule has 0 spiro atoms. The number of hydrogen-bond donors (Lipinski definition) is 1. The topological polar surface area (TPSA) is 46.1 Å². The van der Waals surface area contributed by atoms with Crippen molar-refractivity contribution in [1.29, 1.82) is 0 Å². The van der Waals surface area contributed by atoms with Gasteiger partial charge >= 0.3 is 0 Å². The largest absolute Gasteiger partial charge is 0.375 e. The second kappa shape index (κ2) is 8.72. The Hall–Kier alpha value is -2.11. The smallest absolute Gasteiger partial charge is 0.193 e. The zero-order chi connectivity index (χ0) is 18.5. The number of nitrogens with zero attached hydrogens (tertiary/aromatic N) is 2. The summed E-state index contributed by atoms with van der Waals surface area (Å²) in [5.74, 6) is 0.960. The summed E-state index contributed by atoms with van der Waals surface area (Å²) in [6, 6.07) is 15.1. The van der Waals surface area contributed by atoms with Crippen LogP contribution < -0.4 is 5.32 Å². The number of morpholine rings is 1. The van der Waals surface area contributed by atoms with E-state index in [1.165, 1.54) is 16.3 Å². The quantitative estimate of drug-likeness (QED) is 0.667. The summed E-state index contributed by atoms with van der Waals surface area (Å²) < 4.78 is 11.8. The number of ether oxygens (including phenoxy) is 2. The maximum atomic E-state index is 5.96. The average Bonchev–Trinajstić information content (AvgIpc) is 3.26. The maximum Gasteiger partial charge on any atom is 0.193 e. The first kappa shape index (κ1) is 18.3. The summed E-state index contributed by atoms with van der Waals surface area (Å²) >= 11 is 0. The Bertz CT molecular complexity index is 781. The lowest BCUT2D eigenvalue weighted by Crippen LogP contribution is -2.53. The average molecular weight is 367 g/mol. The Balaban J connectivity index is 1.35. The summed E-state index contributed by atoms with van der Waals surface area (Å²) in [5, 5.41) is 6.18. The van der Waals surface area contributed by atoms with Gasteiger partial charge in [0.1, 0.15) is 6.10 Å². The lowest BCUT2D eigenvalue weighted by molar-refractivity contribution is -0.0816. The molecule has 2 atom stereocenters. The van der Waals surface area contributed by atoms with Crippen molar-refractivity contribution in [2.24, 2.45) is 4.99 Å². The van der Waals surface area contributed by atoms with Crippen molar-refractivity contribution >= 4 is 16.7 Å². The summed E-state index contributed by atoms with van der Waals surface area (Å²) in [6.07, 6.45) is 3.60. The normalized spacial score (nSPS) is 23.7. The van der Waals surface area contributed by atoms with Crippen molar-refractivity contribution in [2.45, 2.75) is 31.5 Å². The van der Waals surface area contributed by atoms with Gasteiger partial charge in [0.25, 0.3) is 0 Å². The van der Waals surface area contributed by atoms with Gasteiger partial charge in [0, 0.05) is 33.3 Å². The van der Waals surface area contributed by atoms with Crippen molar-refractivity contribution in [2.75, 3.05) is 39.9 Å². The van der Waals surface area contributed by atoms with Gasteiger partial charge in [-0.15, -0.1) is 0 Å². The Morgan fingerprint density at radius 1 is 1.11 bits per heavy atom. The molecule has 1 N–H and O–H groups in total. The summed E-state index contributed by atoms with van der Waals surface area (Å²) in [7, 11) is 1.86. The molecule has 0 amide bonds. The molecule has 2 aromatic carbocycles. The number of benzene rings is 2. The first-order chi connectivity index (χ1) is 13.3. The van der Waals surface area contributed by atoms with Crippen LogP contribution in [0.3, 0.4) is 0 Å². The number of rotatable bonds is 4. The molecule has 0 aromatic heterocycles. The van der Waals surface area contributed by atoms with Crippen LogP contribution in [0.1, 0.15) is 18.4 Å². The fraction of sp³-hybridized carbons (Fsp3) is 0.500. The molecular formula is C22H29N3O2. The van der Waals surface area contributed by atoms with Crippen LogP contribution in [0.4, 0.5) is 0 Å². The second-order valence-corrected chi connectivity index (χ2v) is 7.27. The van der Waals surface area contributed by atoms with Crippen LogP contribution in [0.2, 0.25) is 0 Å². The van der Waals surface area contributed by atoms with Gasteiger partial charge in [-0.25, -0.2) is 0 Å². The molecule has 2 saturated heterocycles. The molecule has 0 aliphatic carbocycles. The van der Waals surface area contributed by atoms with Gasteiger partial charge in [-0.1, -0.05) is 42.5 Å². The minimum atomic E-state index is 0.151. The number of aliphatic imine (C=N–C) groups is 1. The van der Waals surface area contributed by atoms with Crippen LogP contribution in [-0.2, 0) is 15.9 Å². The molecule has 4 rings (SSSR count). The molecule has 27 heavy (non-hydrogen) atoms. The molecule has 2 heterocycles. The van der Waals surface area contributed by atoms with Crippen molar-refractivity contribution in [1.82, 2.24) is 10.2 Å². The lowest BCUT2D eigenvalue weighted by atomic mass is 10.0. The maximum absolute atomic E-state index is 5.96. The van der Waals surface area contributed by atoms with Crippen LogP contribution in [-0.4, -0.2) is 63.0 Å². The number of nitrogens with one attached hydrogen (secondary N) is 1. The third-order valence-electron chi connectivity index (χ3n) is 5.54. The molecule has 2 aromatic rings. The van der Waals surface area contributed by atoms with E-state index in [1.807, 2.05) is 7.05 Å². The lowest BCUT2D eigenvalue weighted by Gasteiger charge is -2.37. The molecule has 2 aliphatic rings. The third-order valence-corrected chi connectivity index (χ3v) is 5.54. The SMILES string of the molecule is CN=C(NCCc1cccc2ccccc12)N1CCOC(C2CCCO2)C1. The second-order valence-electron chi connectivity index (χ2n) is 7.27. The first-order valence-electron chi connectivity index (χ1n) is 10.0. The number of guanidine groups is 1. The van der Waals surface area contributed by atoms with Gasteiger partial charge in [-0.3, -0.25) is 4.99 Å². The van der Waals surface area contributed by atoms with Crippen LogP contribution >= 0.6 is 0 Å². The van der Waals surface area contributed by atoms with E-state index in [1.54, 1.807) is 0 Å². The van der Waals surface area contributed by atoms with E-state index >= 15 is 0 Å². The molecule has 0 bridgehead atoms. The predicted octanol–water partition coefficient (Wildman–Crippen LogP) is 2.84. The standard InChI is InChI=1S/C22H29N3O2/c1-23-22(25-13-15-27-21(16-25)20-10-5-14-26-20)24-12-11-18-8-4-7-17-6-2-3-9-19(17)18/h2-4,6-9,20-21H,5,10-16H2,1H3,(H,23,24). The van der Waals surface area contributed by atoms with E-state index in [0.29, 0.717) is 0 Å². The Morgan fingerprint density at radius 2 is 1.96 bits per heavy atom. The minimum absolute atomic E-state index is 0.151. The van der Waals surface area contributed by atoms with Crippen molar-refractivity contribution in [3.8, 4) is 0 Å². The van der Waals surface area contributed by atoms with E-state index in [2.05, 4.69) is 57.7 Å². The molecule has 5 nitrogen and oxygen atoms in total. The molecule has 0 saturated carbocycles. The van der Waals surface area contributed by atoms with E-state index in [-0.39, 0.29) is 12.2 Å². The minimum Gasteiger partial charge on any atom is -0.375 e. The highest BCUT2D eigenvalue weighted by Crippen LogP contribution is 2.21. The number of hydrogen-bond acceptors (Lipinski definition) is 3. The molecule has 2 aliphatic heterocycles. The van der Waals surface area contributed by atoms with E-state index < -0.39 is 0 Å². The van der Waals surface area contributed by atoms with Crippen molar-refractivity contribution < 1.29 is 9.47 Å². The van der Waals surface area contributed by atoms with Crippen LogP contribution in [0.5, 0.6) is 0 Å². The zero-order valence-electron chi connectivity index (χ0n) is 16.1. The molecule has 5 heteroatoms. The third kappa shape index (κ3) is 4.25. The Kier molecular flexibility index (Phi) is 5.90. The fourth-order valence-electron chi connectivity index (χ4n) is 4.14. The molecule has 144 valence electrons. The molecule has 0 radical (unpaired) electrons. The summed E-state index contributed by atoms with van der Waals surface area (Å²) in [4.78, 5) is 6.81. The molecule has 2 unspecified atom stereocenters. The molecule has 2 fully saturated rings. The highest BCUT2D eigenvalue weighted by atomic mass is 16.5. The Labute approximate surface area is 161 Å². The predicted molar refractivity (Wildman–Crippen MR) is 109 cm³/mol. The molecular weight excluding hydrogens is 338 g/mol. The zero-order valence-corrected chi connectivity index (χ0v) is 16.1. The first-order valence-corrected chi connectivity index (χ1v) is 10.0. The summed E-state index contributed by atoms with van der Waals surface area (Å²) in [5.41, 5.74) is 1.37. The highest BCUT2D eigenvalue weighted by Gasteiger charge is 2.32. The number of fused-ring (bicyclic) bond motifs is 1. The summed E-state index contributed by atoms with van der Waals surface area (Å²) in [6.45, 7) is 4.18. The van der Waals surface area contributed by atoms with Gasteiger partial charge in [0.05, 0.1) is 12.7 Å². The van der Waals surface area contributed by atoms with E-state index in [4.69, 9.17) is 9.47 Å². The highest BCUT2D eigenvalue weighted by molar-refractivity contribution is 5.85. The van der Waals surface area contributed by atoms with Crippen LogP contribution in [0.15, 0.2) is 47.5 Å². The van der Waals surface area contributed by atoms with E-state index in [9.17, 15) is 0 Å². The fourth-order valence-corrected chi connectivity index (χ4v) is 4.14. The van der Waals surface area contributed by atoms with Crippen LogP contribution in [0.25, 0.3) is 10.8 Å². The Morgan fingerprint density at radius 3 is 2.81 bits per heavy atom.